The third kappa shape index (κ3) is 13.3. The van der Waals surface area contributed by atoms with Crippen LogP contribution in [0.15, 0.2) is 29.2 Å². The van der Waals surface area contributed by atoms with E-state index in [1.165, 1.54) is 45.3 Å². The first-order valence-corrected chi connectivity index (χ1v) is 25.5. The van der Waals surface area contributed by atoms with Crippen molar-refractivity contribution in [2.45, 2.75) is 190 Å². The van der Waals surface area contributed by atoms with Crippen LogP contribution in [0.25, 0.3) is 0 Å². The monoisotopic (exact) mass is 995 g/mol. The Bertz CT molecular complexity index is 1850. The molecule has 0 spiro atoms. The van der Waals surface area contributed by atoms with Gasteiger partial charge in [-0.1, -0.05) is 32.4 Å². The molecule has 3 aliphatic rings. The Kier molecular flexibility index (Phi) is 20.1. The first kappa shape index (κ1) is 57.9. The number of nitrogens with zero attached hydrogens (tertiary/aromatic N) is 2. The zero-order valence-electron chi connectivity index (χ0n) is 42.1. The van der Waals surface area contributed by atoms with Crippen molar-refractivity contribution in [2.24, 2.45) is 17.8 Å². The van der Waals surface area contributed by atoms with Crippen LogP contribution in [-0.4, -0.2) is 193 Å². The molecular weight excluding hydrogens is 912 g/mol. The number of hydrogen-bond donors (Lipinski definition) is 7. The lowest BCUT2D eigenvalue weighted by atomic mass is 9.75. The molecular formula is C47H83ClN4O14S. The van der Waals surface area contributed by atoms with Gasteiger partial charge in [0.2, 0.25) is 10.0 Å². The number of hydrogen-bond acceptors (Lipinski definition) is 17. The molecule has 0 bridgehead atoms. The normalized spacial score (nSPS) is 42.3. The van der Waals surface area contributed by atoms with E-state index in [1.54, 1.807) is 55.4 Å². The van der Waals surface area contributed by atoms with Crippen molar-refractivity contribution in [3.63, 3.8) is 0 Å². The largest absolute Gasteiger partial charge is 0.459 e. The number of aliphatic hydroxyl groups excluding tert-OH is 2. The molecule has 4 rings (SSSR count). The van der Waals surface area contributed by atoms with Crippen molar-refractivity contribution in [3.8, 4) is 0 Å². The van der Waals surface area contributed by atoms with Gasteiger partial charge in [-0.15, -0.1) is 0 Å². The van der Waals surface area contributed by atoms with Gasteiger partial charge in [0, 0.05) is 57.2 Å². The van der Waals surface area contributed by atoms with Crippen LogP contribution in [0.5, 0.6) is 0 Å². The molecule has 18 nitrogen and oxygen atoms in total. The SMILES string of the molecule is CC[C@H]1OC(=O)[C@H](C)[C@@H](O[C@H]2C[C@@](C)(OC)[C@](O)(CNCCN(C)C)[C@H](C)O2)[C@H](C)[C@@H](O[C@@H]2O[C@H](C)C[C@H](N(C)S(=O)(=O)c3ccc(Cl)cc3)[C@H]2O)[C@](C)(O)C[C@@H](C)CN[C@H](C)[C@@H](O)[C@]1(C)O. The van der Waals surface area contributed by atoms with E-state index in [1.807, 2.05) is 25.9 Å². The molecule has 0 aliphatic carbocycles. The Balaban J connectivity index is 1.81. The van der Waals surface area contributed by atoms with Crippen molar-refractivity contribution < 1.29 is 67.2 Å². The van der Waals surface area contributed by atoms with Crippen LogP contribution in [0.2, 0.25) is 5.02 Å². The minimum atomic E-state index is -4.15. The van der Waals surface area contributed by atoms with E-state index in [-0.39, 0.29) is 49.6 Å². The van der Waals surface area contributed by atoms with Gasteiger partial charge in [0.15, 0.2) is 12.6 Å². The van der Waals surface area contributed by atoms with E-state index in [4.69, 9.17) is 40.0 Å². The summed E-state index contributed by atoms with van der Waals surface area (Å²) in [5.74, 6) is -3.17. The van der Waals surface area contributed by atoms with Crippen molar-refractivity contribution >= 4 is 27.6 Å². The van der Waals surface area contributed by atoms with Crippen LogP contribution in [0.3, 0.4) is 0 Å². The molecule has 1 aromatic carbocycles. The van der Waals surface area contributed by atoms with E-state index in [9.17, 15) is 38.7 Å². The van der Waals surface area contributed by atoms with Gasteiger partial charge < -0.3 is 69.5 Å². The lowest BCUT2D eigenvalue weighted by molar-refractivity contribution is -0.336. The molecule has 0 radical (unpaired) electrons. The summed E-state index contributed by atoms with van der Waals surface area (Å²) < 4.78 is 67.5. The second-order valence-electron chi connectivity index (χ2n) is 20.5. The van der Waals surface area contributed by atoms with Crippen molar-refractivity contribution in [3.05, 3.63) is 29.3 Å². The molecule has 388 valence electrons. The third-order valence-corrected chi connectivity index (χ3v) is 16.8. The van der Waals surface area contributed by atoms with Crippen molar-refractivity contribution in [1.29, 1.82) is 0 Å². The molecule has 0 unspecified atom stereocenters. The number of likely N-dealkylation sites (N-methyl/N-ethyl adjacent to an activating group) is 2. The summed E-state index contributed by atoms with van der Waals surface area (Å²) in [6.07, 6.45) is -10.3. The van der Waals surface area contributed by atoms with Crippen LogP contribution in [-0.2, 0) is 43.2 Å². The van der Waals surface area contributed by atoms with Gasteiger partial charge in [-0.25, -0.2) is 8.42 Å². The highest BCUT2D eigenvalue weighted by Crippen LogP contribution is 2.43. The average molecular weight is 996 g/mol. The lowest BCUT2D eigenvalue weighted by Gasteiger charge is -2.53. The number of rotatable bonds is 14. The van der Waals surface area contributed by atoms with E-state index in [0.29, 0.717) is 11.6 Å². The Hall–Kier alpha value is -1.63. The second kappa shape index (κ2) is 23.3. The molecule has 18 atom stereocenters. The molecule has 0 aromatic heterocycles. The van der Waals surface area contributed by atoms with E-state index < -0.39 is 118 Å². The lowest BCUT2D eigenvalue weighted by Crippen LogP contribution is -2.70. The van der Waals surface area contributed by atoms with Crippen molar-refractivity contribution in [1.82, 2.24) is 19.8 Å². The second-order valence-corrected chi connectivity index (χ2v) is 22.9. The molecule has 3 fully saturated rings. The zero-order chi connectivity index (χ0) is 50.6. The number of ether oxygens (including phenoxy) is 6. The van der Waals surface area contributed by atoms with E-state index in [2.05, 4.69) is 10.6 Å². The highest BCUT2D eigenvalue weighted by Gasteiger charge is 2.58. The standard InChI is InChI=1S/C47H83ClN4O14S/c1-15-36-46(10,57)40(54)31(6)50-25-27(2)23-44(8,56)41(66-43-38(53)35(22-28(3)62-43)52(13)67(59,60)34-18-16-33(48)17-19-34)29(4)39(30(5)42(55)64-36)65-37-24-45(9,61-14)47(58,32(7)63-37)26-49-20-21-51(11)12/h16-19,27-32,35-41,43,49-50,53-54,56-58H,15,20-26H2,1-14H3/t27-,28-,29+,30-,31-,32+,35+,36-,37+,38-,39+,40-,41-,43+,44-,45-,46-,47+/m1/s1. The molecule has 7 N–H and O–H groups in total. The summed E-state index contributed by atoms with van der Waals surface area (Å²) in [5.41, 5.74) is -6.41. The number of esters is 1. The maximum atomic E-state index is 14.5. The number of sulfonamides is 1. The van der Waals surface area contributed by atoms with Gasteiger partial charge in [0.1, 0.15) is 35.1 Å². The predicted octanol–water partition coefficient (Wildman–Crippen LogP) is 2.49. The Labute approximate surface area is 404 Å². The maximum Gasteiger partial charge on any atom is 0.311 e. The Morgan fingerprint density at radius 1 is 0.955 bits per heavy atom. The quantitative estimate of drug-likeness (QED) is 0.105. The van der Waals surface area contributed by atoms with Gasteiger partial charge in [-0.05, 0) is 119 Å². The maximum absolute atomic E-state index is 14.5. The number of methoxy groups -OCH3 is 1. The first-order valence-electron chi connectivity index (χ1n) is 23.7. The summed E-state index contributed by atoms with van der Waals surface area (Å²) in [7, 11) is 2.63. The van der Waals surface area contributed by atoms with Crippen molar-refractivity contribution in [2.75, 3.05) is 54.4 Å². The van der Waals surface area contributed by atoms with Crippen LogP contribution < -0.4 is 10.6 Å². The molecule has 3 aliphatic heterocycles. The van der Waals surface area contributed by atoms with Crippen LogP contribution in [0.4, 0.5) is 0 Å². The van der Waals surface area contributed by atoms with Crippen LogP contribution >= 0.6 is 11.6 Å². The first-order chi connectivity index (χ1) is 31.0. The predicted molar refractivity (Wildman–Crippen MR) is 253 cm³/mol. The van der Waals surface area contributed by atoms with Gasteiger partial charge in [-0.3, -0.25) is 4.79 Å². The molecule has 1 aromatic rings. The average Bonchev–Trinajstić information content (AvgIpc) is 3.25. The van der Waals surface area contributed by atoms with E-state index >= 15 is 0 Å². The fourth-order valence-electron chi connectivity index (χ4n) is 10.1. The van der Waals surface area contributed by atoms with Gasteiger partial charge >= 0.3 is 5.97 Å². The summed E-state index contributed by atoms with van der Waals surface area (Å²) in [4.78, 5) is 16.5. The fraction of sp³-hybridized carbons (Fsp3) is 0.851. The number of nitrogens with one attached hydrogen (secondary N) is 2. The number of carbonyl (C=O) groups excluding carboxylic acids is 1. The highest BCUT2D eigenvalue weighted by molar-refractivity contribution is 7.89. The fourth-order valence-corrected chi connectivity index (χ4v) is 11.6. The Morgan fingerprint density at radius 2 is 1.58 bits per heavy atom. The molecule has 67 heavy (non-hydrogen) atoms. The van der Waals surface area contributed by atoms with E-state index in [0.717, 1.165) is 10.8 Å². The molecule has 20 heteroatoms. The summed E-state index contributed by atoms with van der Waals surface area (Å²) in [6, 6.07) is 4.00. The molecule has 0 saturated carbocycles. The van der Waals surface area contributed by atoms with Gasteiger partial charge in [-0.2, -0.15) is 4.31 Å². The number of carbonyl (C=O) groups is 1. The topological polar surface area (TPSA) is 238 Å². The number of cyclic esters (lactones) is 1. The summed E-state index contributed by atoms with van der Waals surface area (Å²) >= 11 is 6.07. The third-order valence-electron chi connectivity index (χ3n) is 14.6. The van der Waals surface area contributed by atoms with Gasteiger partial charge in [0.25, 0.3) is 0 Å². The number of halogens is 1. The minimum Gasteiger partial charge on any atom is -0.459 e. The molecule has 3 heterocycles. The Morgan fingerprint density at radius 3 is 2.16 bits per heavy atom. The molecule has 3 saturated heterocycles. The summed E-state index contributed by atoms with van der Waals surface area (Å²) in [5, 5.41) is 67.3. The minimum absolute atomic E-state index is 0.00373. The molecule has 0 amide bonds. The van der Waals surface area contributed by atoms with Gasteiger partial charge in [0.05, 0.1) is 46.9 Å². The summed E-state index contributed by atoms with van der Waals surface area (Å²) in [6.45, 7) is 18.6. The number of benzene rings is 1. The van der Waals surface area contributed by atoms with Crippen LogP contribution in [0, 0.1) is 17.8 Å². The zero-order valence-corrected chi connectivity index (χ0v) is 43.7. The number of aliphatic hydroxyl groups is 5. The highest BCUT2D eigenvalue weighted by atomic mass is 35.5. The van der Waals surface area contributed by atoms with Crippen LogP contribution in [0.1, 0.15) is 94.9 Å². The smallest absolute Gasteiger partial charge is 0.311 e.